The first-order valence-corrected chi connectivity index (χ1v) is 7.35. The number of rotatable bonds is 1. The Balaban J connectivity index is 2.30. The minimum atomic E-state index is -0.845. The molecule has 1 heterocycles. The molecule has 0 spiro atoms. The lowest BCUT2D eigenvalue weighted by atomic mass is 10.0. The van der Waals surface area contributed by atoms with Crippen LogP contribution in [0.15, 0.2) is 24.3 Å². The average Bonchev–Trinajstić information content (AvgIpc) is 2.43. The molecule has 4 unspecified atom stereocenters. The molecule has 2 rings (SSSR count). The molecule has 4 atom stereocenters. The first-order chi connectivity index (χ1) is 8.08. The molecular weight excluding hydrogens is 237 g/mol. The van der Waals surface area contributed by atoms with Crippen molar-refractivity contribution in [3.8, 4) is 0 Å². The third kappa shape index (κ3) is 2.93. The second-order valence-electron chi connectivity index (χ2n) is 4.68. The van der Waals surface area contributed by atoms with Crippen LogP contribution < -0.4 is 5.32 Å². The van der Waals surface area contributed by atoms with Crippen molar-refractivity contribution in [3.63, 3.8) is 0 Å². The zero-order valence-corrected chi connectivity index (χ0v) is 11.0. The van der Waals surface area contributed by atoms with Gasteiger partial charge in [0, 0.05) is 28.6 Å². The van der Waals surface area contributed by atoms with E-state index in [1.807, 2.05) is 13.0 Å². The fourth-order valence-electron chi connectivity index (χ4n) is 2.22. The first kappa shape index (κ1) is 12.7. The van der Waals surface area contributed by atoms with Crippen LogP contribution in [0.25, 0.3) is 0 Å². The highest BCUT2D eigenvalue weighted by Crippen LogP contribution is 2.25. The van der Waals surface area contributed by atoms with Crippen molar-refractivity contribution in [2.24, 2.45) is 0 Å². The number of benzene rings is 1. The summed E-state index contributed by atoms with van der Waals surface area (Å²) in [5, 5.41) is 3.46. The molecule has 1 aliphatic rings. The Morgan fingerprint density at radius 3 is 2.88 bits per heavy atom. The number of hydrogen-bond acceptors (Lipinski definition) is 2. The molecule has 1 fully saturated rings. The average molecular weight is 255 g/mol. The van der Waals surface area contributed by atoms with E-state index < -0.39 is 10.8 Å². The highest BCUT2D eigenvalue weighted by Gasteiger charge is 2.29. The quantitative estimate of drug-likeness (QED) is 0.835. The van der Waals surface area contributed by atoms with Crippen molar-refractivity contribution in [1.82, 2.24) is 5.32 Å². The molecule has 2 nitrogen and oxygen atoms in total. The van der Waals surface area contributed by atoms with Gasteiger partial charge in [-0.3, -0.25) is 4.21 Å². The highest BCUT2D eigenvalue weighted by molar-refractivity contribution is 7.85. The molecule has 0 aromatic heterocycles. The second kappa shape index (κ2) is 5.27. The first-order valence-electron chi connectivity index (χ1n) is 5.96. The summed E-state index contributed by atoms with van der Waals surface area (Å²) in [7, 11) is -0.845. The Labute approximate surface area is 104 Å². The third-order valence-electron chi connectivity index (χ3n) is 3.31. The summed E-state index contributed by atoms with van der Waals surface area (Å²) in [5.74, 6) is 0.486. The largest absolute Gasteiger partial charge is 0.306 e. The van der Waals surface area contributed by atoms with Crippen LogP contribution in [-0.4, -0.2) is 21.3 Å². The lowest BCUT2D eigenvalue weighted by molar-refractivity contribution is 0.453. The number of nitrogens with one attached hydrogen (secondary N) is 1. The summed E-state index contributed by atoms with van der Waals surface area (Å²) in [6, 6.07) is 6.86. The molecule has 1 saturated heterocycles. The maximum Gasteiger partial charge on any atom is 0.123 e. The van der Waals surface area contributed by atoms with Gasteiger partial charge in [0.2, 0.25) is 0 Å². The maximum absolute atomic E-state index is 13.2. The van der Waals surface area contributed by atoms with Crippen LogP contribution in [0.2, 0.25) is 0 Å². The standard InChI is InChI=1S/C13H18FNOS/c1-9-6-7-17(16)10(2)13(15-9)11-4-3-5-12(14)8-11/h3-5,8-10,13,15H,6-7H2,1-2H3. The smallest absolute Gasteiger partial charge is 0.123 e. The van der Waals surface area contributed by atoms with Crippen molar-refractivity contribution in [2.75, 3.05) is 5.75 Å². The molecule has 0 saturated carbocycles. The topological polar surface area (TPSA) is 29.1 Å². The Morgan fingerprint density at radius 2 is 2.18 bits per heavy atom. The van der Waals surface area contributed by atoms with E-state index in [-0.39, 0.29) is 17.1 Å². The van der Waals surface area contributed by atoms with Gasteiger partial charge in [0.1, 0.15) is 5.82 Å². The summed E-state index contributed by atoms with van der Waals surface area (Å²) in [4.78, 5) is 0. The zero-order valence-electron chi connectivity index (χ0n) is 10.2. The minimum absolute atomic E-state index is 0.0155. The van der Waals surface area contributed by atoms with E-state index in [1.54, 1.807) is 6.07 Å². The SMILES string of the molecule is CC1CCS(=O)C(C)C(c2cccc(F)c2)N1. The van der Waals surface area contributed by atoms with Crippen LogP contribution in [0.4, 0.5) is 4.39 Å². The van der Waals surface area contributed by atoms with E-state index in [0.717, 1.165) is 17.7 Å². The van der Waals surface area contributed by atoms with Crippen LogP contribution in [0.1, 0.15) is 31.9 Å². The van der Waals surface area contributed by atoms with Gasteiger partial charge < -0.3 is 5.32 Å². The number of hydrogen-bond donors (Lipinski definition) is 1. The molecule has 17 heavy (non-hydrogen) atoms. The fraction of sp³-hybridized carbons (Fsp3) is 0.538. The summed E-state index contributed by atoms with van der Waals surface area (Å²) < 4.78 is 25.2. The van der Waals surface area contributed by atoms with Gasteiger partial charge >= 0.3 is 0 Å². The minimum Gasteiger partial charge on any atom is -0.306 e. The Hall–Kier alpha value is -0.740. The lowest BCUT2D eigenvalue weighted by Gasteiger charge is -2.24. The normalized spacial score (nSPS) is 34.3. The van der Waals surface area contributed by atoms with Gasteiger partial charge in [0.25, 0.3) is 0 Å². The molecule has 94 valence electrons. The predicted octanol–water partition coefficient (Wildman–Crippen LogP) is 2.39. The van der Waals surface area contributed by atoms with E-state index in [0.29, 0.717) is 6.04 Å². The fourth-order valence-corrected chi connectivity index (χ4v) is 3.72. The van der Waals surface area contributed by atoms with Gasteiger partial charge in [-0.2, -0.15) is 0 Å². The molecule has 0 aliphatic carbocycles. The molecule has 0 bridgehead atoms. The van der Waals surface area contributed by atoms with Crippen LogP contribution >= 0.6 is 0 Å². The van der Waals surface area contributed by atoms with Crippen molar-refractivity contribution >= 4 is 10.8 Å². The molecule has 1 aliphatic heterocycles. The monoisotopic (exact) mass is 255 g/mol. The molecular formula is C13H18FNOS. The van der Waals surface area contributed by atoms with E-state index in [4.69, 9.17) is 0 Å². The van der Waals surface area contributed by atoms with E-state index >= 15 is 0 Å². The van der Waals surface area contributed by atoms with Gasteiger partial charge in [-0.05, 0) is 38.0 Å². The predicted molar refractivity (Wildman–Crippen MR) is 68.8 cm³/mol. The Bertz CT molecular complexity index is 424. The second-order valence-corrected chi connectivity index (χ2v) is 6.59. The molecule has 1 N–H and O–H groups in total. The van der Waals surface area contributed by atoms with Gasteiger partial charge in [-0.15, -0.1) is 0 Å². The van der Waals surface area contributed by atoms with Crippen molar-refractivity contribution in [1.29, 1.82) is 0 Å². The zero-order chi connectivity index (χ0) is 12.4. The Kier molecular flexibility index (Phi) is 3.94. The van der Waals surface area contributed by atoms with E-state index in [1.165, 1.54) is 12.1 Å². The summed E-state index contributed by atoms with van der Waals surface area (Å²) in [5.41, 5.74) is 0.889. The summed E-state index contributed by atoms with van der Waals surface area (Å²) >= 11 is 0. The van der Waals surface area contributed by atoms with E-state index in [2.05, 4.69) is 12.2 Å². The molecule has 1 aromatic rings. The van der Waals surface area contributed by atoms with Gasteiger partial charge in [-0.1, -0.05) is 12.1 Å². The van der Waals surface area contributed by atoms with Crippen LogP contribution in [0, 0.1) is 5.82 Å². The van der Waals surface area contributed by atoms with Gasteiger partial charge in [0.05, 0.1) is 5.25 Å². The summed E-state index contributed by atoms with van der Waals surface area (Å²) in [6.45, 7) is 4.05. The van der Waals surface area contributed by atoms with Crippen LogP contribution in [0.5, 0.6) is 0 Å². The maximum atomic E-state index is 13.2. The Morgan fingerprint density at radius 1 is 1.41 bits per heavy atom. The lowest BCUT2D eigenvalue weighted by Crippen LogP contribution is -2.34. The highest BCUT2D eigenvalue weighted by atomic mass is 32.2. The molecule has 0 radical (unpaired) electrons. The van der Waals surface area contributed by atoms with Crippen molar-refractivity contribution in [3.05, 3.63) is 35.6 Å². The summed E-state index contributed by atoms with van der Waals surface area (Å²) in [6.07, 6.45) is 0.906. The number of halogens is 1. The van der Waals surface area contributed by atoms with Crippen LogP contribution in [0.3, 0.4) is 0 Å². The molecule has 0 amide bonds. The molecule has 4 heteroatoms. The van der Waals surface area contributed by atoms with Crippen molar-refractivity contribution in [2.45, 2.75) is 37.6 Å². The van der Waals surface area contributed by atoms with Gasteiger partial charge in [0.15, 0.2) is 0 Å². The van der Waals surface area contributed by atoms with Gasteiger partial charge in [-0.25, -0.2) is 4.39 Å². The third-order valence-corrected chi connectivity index (χ3v) is 5.05. The molecule has 1 aromatic carbocycles. The van der Waals surface area contributed by atoms with Crippen LogP contribution in [-0.2, 0) is 10.8 Å². The van der Waals surface area contributed by atoms with E-state index in [9.17, 15) is 8.60 Å². The van der Waals surface area contributed by atoms with Crippen molar-refractivity contribution < 1.29 is 8.60 Å².